The van der Waals surface area contributed by atoms with Crippen molar-refractivity contribution in [1.29, 1.82) is 0 Å². The molecule has 8 heteroatoms. The number of ether oxygens (including phenoxy) is 4. The van der Waals surface area contributed by atoms with E-state index in [1.807, 2.05) is 91.0 Å². The highest BCUT2D eigenvalue weighted by Crippen LogP contribution is 2.18. The zero-order valence-corrected chi connectivity index (χ0v) is 19.3. The lowest BCUT2D eigenvalue weighted by atomic mass is 10.1. The molecular weight excluding hydrogens is 450 g/mol. The van der Waals surface area contributed by atoms with Gasteiger partial charge in [0.05, 0.1) is 26.4 Å². The Morgan fingerprint density at radius 3 is 1.69 bits per heavy atom. The molecule has 0 radical (unpaired) electrons. The predicted octanol–water partition coefficient (Wildman–Crippen LogP) is 4.19. The highest BCUT2D eigenvalue weighted by molar-refractivity contribution is 5.37. The number of hydrogen-bond donors (Lipinski definition) is 0. The number of carbonyl (C=O) groups excluding carboxylic acids is 1. The van der Waals surface area contributed by atoms with Crippen LogP contribution in [0.1, 0.15) is 16.7 Å². The van der Waals surface area contributed by atoms with E-state index < -0.39 is 29.8 Å². The van der Waals surface area contributed by atoms with Crippen LogP contribution in [-0.2, 0) is 43.6 Å². The van der Waals surface area contributed by atoms with E-state index in [4.69, 9.17) is 18.9 Å². The molecular formula is C27H29NO7. The summed E-state index contributed by atoms with van der Waals surface area (Å²) in [5.41, 5.74) is 2.67. The normalized spacial score (nSPS) is 13.5. The first-order valence-corrected chi connectivity index (χ1v) is 11.3. The van der Waals surface area contributed by atoms with Crippen LogP contribution >= 0.6 is 0 Å². The van der Waals surface area contributed by atoms with Gasteiger partial charge >= 0.3 is 0 Å². The molecule has 3 atom stereocenters. The Balaban J connectivity index is 1.77. The van der Waals surface area contributed by atoms with Gasteiger partial charge < -0.3 is 18.9 Å². The molecule has 0 bridgehead atoms. The Morgan fingerprint density at radius 2 is 1.20 bits per heavy atom. The SMILES string of the molecule is O=CO[C@H](COCc1ccccc1)[C@H](OCc1ccccc1)[C@@H](C[N+](=O)[O-])OCc1ccccc1. The lowest BCUT2D eigenvalue weighted by Gasteiger charge is -2.30. The molecule has 184 valence electrons. The van der Waals surface area contributed by atoms with Crippen molar-refractivity contribution in [3.63, 3.8) is 0 Å². The third-order valence-electron chi connectivity index (χ3n) is 5.28. The Bertz CT molecular complexity index is 1000. The molecule has 3 rings (SSSR count). The van der Waals surface area contributed by atoms with Gasteiger partial charge in [0.25, 0.3) is 6.47 Å². The van der Waals surface area contributed by atoms with E-state index in [2.05, 4.69) is 0 Å². The summed E-state index contributed by atoms with van der Waals surface area (Å²) in [5, 5.41) is 11.5. The molecule has 0 saturated carbocycles. The Kier molecular flexibility index (Phi) is 10.9. The second-order valence-electron chi connectivity index (χ2n) is 7.88. The molecule has 3 aromatic carbocycles. The fraction of sp³-hybridized carbons (Fsp3) is 0.296. The number of rotatable bonds is 16. The van der Waals surface area contributed by atoms with Gasteiger partial charge in [-0.15, -0.1) is 0 Å². The van der Waals surface area contributed by atoms with Gasteiger partial charge in [0.1, 0.15) is 6.10 Å². The van der Waals surface area contributed by atoms with Gasteiger partial charge in [0.2, 0.25) is 6.54 Å². The third kappa shape index (κ3) is 9.29. The maximum absolute atomic E-state index is 11.5. The monoisotopic (exact) mass is 479 g/mol. The molecule has 0 saturated heterocycles. The number of nitro groups is 1. The Hall–Kier alpha value is -3.59. The van der Waals surface area contributed by atoms with E-state index >= 15 is 0 Å². The highest BCUT2D eigenvalue weighted by Gasteiger charge is 2.36. The van der Waals surface area contributed by atoms with Crippen molar-refractivity contribution in [2.24, 2.45) is 0 Å². The molecule has 0 aliphatic carbocycles. The molecule has 8 nitrogen and oxygen atoms in total. The molecule has 0 fully saturated rings. The average molecular weight is 480 g/mol. The van der Waals surface area contributed by atoms with Crippen LogP contribution in [0.3, 0.4) is 0 Å². The van der Waals surface area contributed by atoms with Crippen molar-refractivity contribution >= 4 is 6.47 Å². The summed E-state index contributed by atoms with van der Waals surface area (Å²) in [6.07, 6.45) is -2.84. The average Bonchev–Trinajstić information content (AvgIpc) is 2.88. The van der Waals surface area contributed by atoms with E-state index in [-0.39, 0.29) is 26.4 Å². The summed E-state index contributed by atoms with van der Waals surface area (Å²) >= 11 is 0. The third-order valence-corrected chi connectivity index (χ3v) is 5.28. The standard InChI is InChI=1S/C27H29NO7/c29-21-35-26(20-32-17-22-10-4-1-5-11-22)27(34-19-24-14-8-3-9-15-24)25(16-28(30)31)33-18-23-12-6-2-7-13-23/h1-15,21,25-27H,16-20H2/t25-,26-,27-/m1/s1. The van der Waals surface area contributed by atoms with Gasteiger partial charge in [-0.1, -0.05) is 91.0 Å². The summed E-state index contributed by atoms with van der Waals surface area (Å²) in [7, 11) is 0. The second-order valence-corrected chi connectivity index (χ2v) is 7.88. The minimum Gasteiger partial charge on any atom is -0.459 e. The molecule has 0 unspecified atom stereocenters. The van der Waals surface area contributed by atoms with Crippen molar-refractivity contribution in [2.45, 2.75) is 38.1 Å². The molecule has 3 aromatic rings. The van der Waals surface area contributed by atoms with Gasteiger partial charge in [-0.25, -0.2) is 0 Å². The number of benzene rings is 3. The van der Waals surface area contributed by atoms with Crippen LogP contribution in [0.2, 0.25) is 0 Å². The number of carbonyl (C=O) groups is 1. The molecule has 0 amide bonds. The van der Waals surface area contributed by atoms with Crippen LogP contribution in [0.15, 0.2) is 91.0 Å². The maximum atomic E-state index is 11.5. The summed E-state index contributed by atoms with van der Waals surface area (Å²) < 4.78 is 23.2. The predicted molar refractivity (Wildman–Crippen MR) is 129 cm³/mol. The van der Waals surface area contributed by atoms with Crippen LogP contribution in [0.5, 0.6) is 0 Å². The molecule has 0 heterocycles. The van der Waals surface area contributed by atoms with E-state index in [1.54, 1.807) is 0 Å². The molecule has 0 aromatic heterocycles. The summed E-state index contributed by atoms with van der Waals surface area (Å²) in [4.78, 5) is 22.4. The smallest absolute Gasteiger partial charge is 0.293 e. The summed E-state index contributed by atoms with van der Waals surface area (Å²) in [5.74, 6) is 0. The second kappa shape index (κ2) is 14.6. The van der Waals surface area contributed by atoms with E-state index in [0.29, 0.717) is 6.47 Å². The first-order chi connectivity index (χ1) is 17.2. The van der Waals surface area contributed by atoms with Gasteiger partial charge in [-0.3, -0.25) is 14.9 Å². The molecule has 0 spiro atoms. The van der Waals surface area contributed by atoms with Gasteiger partial charge in [0, 0.05) is 4.92 Å². The minimum atomic E-state index is -0.987. The highest BCUT2D eigenvalue weighted by atomic mass is 16.6. The summed E-state index contributed by atoms with van der Waals surface area (Å²) in [6, 6.07) is 28.2. The zero-order valence-electron chi connectivity index (χ0n) is 19.3. The van der Waals surface area contributed by atoms with E-state index in [9.17, 15) is 14.9 Å². The van der Waals surface area contributed by atoms with E-state index in [1.165, 1.54) is 0 Å². The number of hydrogen-bond acceptors (Lipinski definition) is 7. The topological polar surface area (TPSA) is 97.1 Å². The maximum Gasteiger partial charge on any atom is 0.293 e. The first-order valence-electron chi connectivity index (χ1n) is 11.3. The van der Waals surface area contributed by atoms with Crippen LogP contribution in [0.25, 0.3) is 0 Å². The molecule has 35 heavy (non-hydrogen) atoms. The molecule has 0 aliphatic heterocycles. The van der Waals surface area contributed by atoms with Crippen LogP contribution in [-0.4, -0.2) is 42.9 Å². The first kappa shape index (κ1) is 26.0. The van der Waals surface area contributed by atoms with Crippen LogP contribution < -0.4 is 0 Å². The fourth-order valence-corrected chi connectivity index (χ4v) is 3.55. The summed E-state index contributed by atoms with van der Waals surface area (Å²) in [6.45, 7) is 0.348. The van der Waals surface area contributed by atoms with Gasteiger partial charge in [0.15, 0.2) is 12.2 Å². The largest absolute Gasteiger partial charge is 0.459 e. The van der Waals surface area contributed by atoms with Crippen LogP contribution in [0.4, 0.5) is 0 Å². The Morgan fingerprint density at radius 1 is 0.714 bits per heavy atom. The van der Waals surface area contributed by atoms with Crippen molar-refractivity contribution < 1.29 is 28.7 Å². The lowest BCUT2D eigenvalue weighted by molar-refractivity contribution is -0.495. The van der Waals surface area contributed by atoms with Crippen LogP contribution in [0, 0.1) is 10.1 Å². The lowest BCUT2D eigenvalue weighted by Crippen LogP contribution is -2.47. The zero-order chi connectivity index (χ0) is 24.7. The van der Waals surface area contributed by atoms with E-state index in [0.717, 1.165) is 16.7 Å². The molecule has 0 aliphatic rings. The fourth-order valence-electron chi connectivity index (χ4n) is 3.55. The van der Waals surface area contributed by atoms with Gasteiger partial charge in [-0.2, -0.15) is 0 Å². The Labute approximate surface area is 204 Å². The number of nitrogens with zero attached hydrogens (tertiary/aromatic N) is 1. The van der Waals surface area contributed by atoms with Crippen molar-refractivity contribution in [3.05, 3.63) is 118 Å². The molecule has 0 N–H and O–H groups in total. The van der Waals surface area contributed by atoms with Gasteiger partial charge in [-0.05, 0) is 16.7 Å². The minimum absolute atomic E-state index is 0.0179. The van der Waals surface area contributed by atoms with Crippen molar-refractivity contribution in [1.82, 2.24) is 0 Å². The quantitative estimate of drug-likeness (QED) is 0.173. The van der Waals surface area contributed by atoms with Crippen molar-refractivity contribution in [3.8, 4) is 0 Å². The van der Waals surface area contributed by atoms with Crippen molar-refractivity contribution in [2.75, 3.05) is 13.2 Å².